The van der Waals surface area contributed by atoms with Crippen molar-refractivity contribution in [2.24, 2.45) is 23.7 Å². The van der Waals surface area contributed by atoms with Gasteiger partial charge in [0.05, 0.1) is 18.3 Å². The van der Waals surface area contributed by atoms with E-state index < -0.39 is 23.9 Å². The van der Waals surface area contributed by atoms with Crippen LogP contribution < -0.4 is 0 Å². The van der Waals surface area contributed by atoms with Crippen LogP contribution >= 0.6 is 0 Å². The van der Waals surface area contributed by atoms with Crippen LogP contribution in [0.5, 0.6) is 0 Å². The predicted octanol–water partition coefficient (Wildman–Crippen LogP) is 7.39. The fraction of sp³-hybridized carbons (Fsp3) is 0.676. The van der Waals surface area contributed by atoms with E-state index in [2.05, 4.69) is 20.4 Å². The highest BCUT2D eigenvalue weighted by Gasteiger charge is 2.26. The summed E-state index contributed by atoms with van der Waals surface area (Å²) in [6.07, 6.45) is 15.0. The topological polar surface area (TPSA) is 96.2 Å². The molecule has 0 bridgehead atoms. The van der Waals surface area contributed by atoms with Gasteiger partial charge in [-0.2, -0.15) is 0 Å². The molecular formula is C34H56O6. The molecule has 2 heterocycles. The molecule has 0 aliphatic carbocycles. The first-order valence-corrected chi connectivity index (χ1v) is 15.0. The van der Waals surface area contributed by atoms with Crippen LogP contribution in [0.2, 0.25) is 0 Å². The second-order valence-electron chi connectivity index (χ2n) is 12.1. The maximum atomic E-state index is 12.8. The molecule has 0 aromatic heterocycles. The van der Waals surface area contributed by atoms with Gasteiger partial charge >= 0.3 is 5.97 Å². The zero-order valence-electron chi connectivity index (χ0n) is 26.0. The Kier molecular flexibility index (Phi) is 17.1. The zero-order valence-corrected chi connectivity index (χ0v) is 26.0. The molecule has 0 aromatic carbocycles. The standard InChI is InChI=1S/C31H50O6.C3H6/c1-20-9-7-8-10-30(23(4)12-14-26-13-11-21(2)19-36-26)37-31(35)29(34)17-22(3)16-25(6)28(33)18-27(32)24(5)15-20;1-3-2/h7-9,16-17,21,23-28,30,32-34H,10-15,18-19H2,1-6H3;3H,1H2,2H3/b8-7+,20-9+,22-16+,29-17-;/t21?,23-,24+,25+,26-,27+,28?,30?;/m0./s1. The van der Waals surface area contributed by atoms with Crippen LogP contribution in [0.25, 0.3) is 0 Å². The Hall–Kier alpha value is -2.15. The molecular weight excluding hydrogens is 504 g/mol. The van der Waals surface area contributed by atoms with E-state index in [-0.39, 0.29) is 36.4 Å². The molecule has 3 unspecified atom stereocenters. The molecule has 0 amide bonds. The predicted molar refractivity (Wildman–Crippen MR) is 164 cm³/mol. The van der Waals surface area contributed by atoms with Crippen molar-refractivity contribution >= 4 is 5.97 Å². The molecule has 2 rings (SSSR count). The Morgan fingerprint density at radius 2 is 1.82 bits per heavy atom. The molecule has 3 N–H and O–H groups in total. The fourth-order valence-electron chi connectivity index (χ4n) is 5.09. The van der Waals surface area contributed by atoms with Crippen LogP contribution in [0, 0.1) is 23.7 Å². The number of carbonyl (C=O) groups is 1. The molecule has 0 spiro atoms. The number of esters is 1. The molecule has 40 heavy (non-hydrogen) atoms. The number of ether oxygens (including phenoxy) is 2. The van der Waals surface area contributed by atoms with Crippen molar-refractivity contribution in [1.29, 1.82) is 0 Å². The second kappa shape index (κ2) is 19.1. The summed E-state index contributed by atoms with van der Waals surface area (Å²) in [5.74, 6) is -0.723. The van der Waals surface area contributed by atoms with Gasteiger partial charge in [-0.05, 0) is 76.7 Å². The van der Waals surface area contributed by atoms with Gasteiger partial charge in [-0.15, -0.1) is 6.58 Å². The quantitative estimate of drug-likeness (QED) is 0.245. The zero-order chi connectivity index (χ0) is 30.2. The molecule has 8 atom stereocenters. The van der Waals surface area contributed by atoms with Crippen molar-refractivity contribution in [2.75, 3.05) is 6.61 Å². The molecule has 2 aliphatic rings. The molecule has 6 nitrogen and oxygen atoms in total. The number of hydrogen-bond acceptors (Lipinski definition) is 6. The maximum absolute atomic E-state index is 12.8. The largest absolute Gasteiger partial charge is 0.502 e. The highest BCUT2D eigenvalue weighted by Crippen LogP contribution is 2.26. The van der Waals surface area contributed by atoms with Gasteiger partial charge in [0.25, 0.3) is 0 Å². The summed E-state index contributed by atoms with van der Waals surface area (Å²) in [5, 5.41) is 31.7. The van der Waals surface area contributed by atoms with Gasteiger partial charge in [0, 0.05) is 25.4 Å². The van der Waals surface area contributed by atoms with Gasteiger partial charge < -0.3 is 24.8 Å². The molecule has 0 saturated carbocycles. The number of rotatable bonds is 4. The lowest BCUT2D eigenvalue weighted by molar-refractivity contribution is -0.150. The molecule has 0 radical (unpaired) electrons. The van der Waals surface area contributed by atoms with E-state index in [1.165, 1.54) is 12.5 Å². The van der Waals surface area contributed by atoms with Crippen LogP contribution in [-0.2, 0) is 14.3 Å². The SMILES string of the molecule is C=CC.CC1=C\[C@@H](C)C(O)C[C@@H](O)[C@H](C)C/C(C)=C/C=C/CC([C@@H](C)CC[C@@H]2CCC(C)CO2)OC(=O)\C(O)=C\1. The first-order valence-electron chi connectivity index (χ1n) is 15.0. The van der Waals surface area contributed by atoms with Crippen molar-refractivity contribution in [3.8, 4) is 0 Å². The Morgan fingerprint density at radius 1 is 1.15 bits per heavy atom. The van der Waals surface area contributed by atoms with Crippen molar-refractivity contribution in [2.45, 2.75) is 118 Å². The number of aliphatic hydroxyl groups excluding tert-OH is 3. The highest BCUT2D eigenvalue weighted by atomic mass is 16.6. The number of allylic oxidation sites excluding steroid dienone is 6. The summed E-state index contributed by atoms with van der Waals surface area (Å²) in [6.45, 7) is 18.0. The van der Waals surface area contributed by atoms with E-state index in [1.807, 2.05) is 45.9 Å². The number of carbonyl (C=O) groups excluding carboxylic acids is 1. The monoisotopic (exact) mass is 560 g/mol. The van der Waals surface area contributed by atoms with Crippen LogP contribution in [0.3, 0.4) is 0 Å². The van der Waals surface area contributed by atoms with Crippen molar-refractivity contribution in [1.82, 2.24) is 0 Å². The summed E-state index contributed by atoms with van der Waals surface area (Å²) < 4.78 is 11.8. The normalized spacial score (nSPS) is 36.8. The third-order valence-electron chi connectivity index (χ3n) is 7.81. The Bertz CT molecular complexity index is 877. The average molecular weight is 561 g/mol. The molecule has 6 heteroatoms. The van der Waals surface area contributed by atoms with Gasteiger partial charge in [-0.3, -0.25) is 0 Å². The number of cyclic esters (lactones) is 1. The lowest BCUT2D eigenvalue weighted by Crippen LogP contribution is -2.29. The number of hydrogen-bond donors (Lipinski definition) is 3. The van der Waals surface area contributed by atoms with E-state index in [4.69, 9.17) is 9.47 Å². The van der Waals surface area contributed by atoms with Crippen LogP contribution in [-0.4, -0.2) is 52.3 Å². The molecule has 1 saturated heterocycles. The van der Waals surface area contributed by atoms with Crippen molar-refractivity contribution < 1.29 is 29.6 Å². The van der Waals surface area contributed by atoms with Gasteiger partial charge in [-0.1, -0.05) is 69.2 Å². The molecule has 1 fully saturated rings. The summed E-state index contributed by atoms with van der Waals surface area (Å²) in [7, 11) is 0. The lowest BCUT2D eigenvalue weighted by Gasteiger charge is -2.29. The lowest BCUT2D eigenvalue weighted by atomic mass is 9.89. The highest BCUT2D eigenvalue weighted by molar-refractivity contribution is 5.86. The first-order chi connectivity index (χ1) is 18.9. The smallest absolute Gasteiger partial charge is 0.373 e. The molecule has 228 valence electrons. The van der Waals surface area contributed by atoms with Crippen molar-refractivity contribution in [3.63, 3.8) is 0 Å². The third-order valence-corrected chi connectivity index (χ3v) is 7.81. The van der Waals surface area contributed by atoms with E-state index in [0.717, 1.165) is 37.9 Å². The Balaban J connectivity index is 0.00000254. The summed E-state index contributed by atoms with van der Waals surface area (Å²) >= 11 is 0. The fourth-order valence-corrected chi connectivity index (χ4v) is 5.09. The van der Waals surface area contributed by atoms with Gasteiger partial charge in [-0.25, -0.2) is 4.79 Å². The van der Waals surface area contributed by atoms with E-state index in [1.54, 1.807) is 19.1 Å². The summed E-state index contributed by atoms with van der Waals surface area (Å²) in [5.41, 5.74) is 1.78. The third kappa shape index (κ3) is 14.0. The second-order valence-corrected chi connectivity index (χ2v) is 12.1. The molecule has 2 aliphatic heterocycles. The van der Waals surface area contributed by atoms with Gasteiger partial charge in [0.15, 0.2) is 0 Å². The minimum absolute atomic E-state index is 0.0121. The van der Waals surface area contributed by atoms with Gasteiger partial charge in [0.2, 0.25) is 5.76 Å². The Morgan fingerprint density at radius 3 is 2.45 bits per heavy atom. The summed E-state index contributed by atoms with van der Waals surface area (Å²) in [4.78, 5) is 12.8. The van der Waals surface area contributed by atoms with Crippen molar-refractivity contribution in [3.05, 3.63) is 59.9 Å². The molecule has 0 aromatic rings. The number of aliphatic hydroxyl groups is 3. The summed E-state index contributed by atoms with van der Waals surface area (Å²) in [6, 6.07) is 0. The first kappa shape index (κ1) is 35.9. The van der Waals surface area contributed by atoms with Crippen LogP contribution in [0.1, 0.15) is 93.4 Å². The van der Waals surface area contributed by atoms with Crippen LogP contribution in [0.15, 0.2) is 59.9 Å². The van der Waals surface area contributed by atoms with E-state index in [0.29, 0.717) is 17.9 Å². The van der Waals surface area contributed by atoms with E-state index >= 15 is 0 Å². The van der Waals surface area contributed by atoms with Crippen LogP contribution in [0.4, 0.5) is 0 Å². The maximum Gasteiger partial charge on any atom is 0.373 e. The van der Waals surface area contributed by atoms with Gasteiger partial charge in [0.1, 0.15) is 6.10 Å². The Labute approximate surface area is 243 Å². The minimum atomic E-state index is -0.744. The average Bonchev–Trinajstić information content (AvgIpc) is 2.89. The minimum Gasteiger partial charge on any atom is -0.502 e. The van der Waals surface area contributed by atoms with E-state index in [9.17, 15) is 20.1 Å².